The highest BCUT2D eigenvalue weighted by molar-refractivity contribution is 5.77. The summed E-state index contributed by atoms with van der Waals surface area (Å²) < 4.78 is 11.0. The van der Waals surface area contributed by atoms with Crippen LogP contribution in [0.5, 0.6) is 0 Å². The van der Waals surface area contributed by atoms with Crippen molar-refractivity contribution >= 4 is 17.1 Å². The van der Waals surface area contributed by atoms with Gasteiger partial charge in [-0.2, -0.15) is 0 Å². The largest absolute Gasteiger partial charge is 0.464 e. The molecular weight excluding hydrogens is 268 g/mol. The Bertz CT molecular complexity index is 633. The zero-order valence-electron chi connectivity index (χ0n) is 11.8. The third-order valence-electron chi connectivity index (χ3n) is 4.46. The number of aromatic nitrogens is 1. The number of carbonyl (C=O) groups excluding carboxylic acids is 1. The van der Waals surface area contributed by atoms with Gasteiger partial charge in [-0.05, 0) is 31.5 Å². The van der Waals surface area contributed by atoms with Gasteiger partial charge in [0.25, 0.3) is 0 Å². The number of oxazole rings is 1. The standard InChI is InChI=1S/C16H18N2O3/c19-16-13(7-9-20-16)18-8-3-4-11(10-18)15-17-12-5-1-2-6-14(12)21-15/h1-2,5-6,11,13H,3-4,7-10H2. The summed E-state index contributed by atoms with van der Waals surface area (Å²) in [5, 5.41) is 0. The third kappa shape index (κ3) is 2.31. The van der Waals surface area contributed by atoms with Crippen molar-refractivity contribution in [3.63, 3.8) is 0 Å². The fourth-order valence-electron chi connectivity index (χ4n) is 3.37. The van der Waals surface area contributed by atoms with Gasteiger partial charge in [0.05, 0.1) is 6.61 Å². The number of para-hydroxylation sites is 2. The summed E-state index contributed by atoms with van der Waals surface area (Å²) in [6.45, 7) is 2.33. The molecule has 2 fully saturated rings. The molecule has 110 valence electrons. The Morgan fingerprint density at radius 3 is 2.95 bits per heavy atom. The predicted octanol–water partition coefficient (Wildman–Crippen LogP) is 2.32. The highest BCUT2D eigenvalue weighted by Gasteiger charge is 2.36. The molecule has 0 spiro atoms. The summed E-state index contributed by atoms with van der Waals surface area (Å²) in [6, 6.07) is 7.77. The minimum atomic E-state index is -0.0757. The summed E-state index contributed by atoms with van der Waals surface area (Å²) in [6.07, 6.45) is 2.93. The van der Waals surface area contributed by atoms with E-state index >= 15 is 0 Å². The van der Waals surface area contributed by atoms with E-state index in [9.17, 15) is 4.79 Å². The van der Waals surface area contributed by atoms with E-state index in [1.165, 1.54) is 0 Å². The van der Waals surface area contributed by atoms with Gasteiger partial charge in [0.2, 0.25) is 0 Å². The van der Waals surface area contributed by atoms with Crippen LogP contribution in [0.2, 0.25) is 0 Å². The Morgan fingerprint density at radius 2 is 2.14 bits per heavy atom. The molecule has 2 saturated heterocycles. The fraction of sp³-hybridized carbons (Fsp3) is 0.500. The molecule has 2 unspecified atom stereocenters. The maximum Gasteiger partial charge on any atom is 0.323 e. The molecule has 0 amide bonds. The lowest BCUT2D eigenvalue weighted by atomic mass is 9.96. The zero-order chi connectivity index (χ0) is 14.2. The van der Waals surface area contributed by atoms with E-state index in [1.807, 2.05) is 24.3 Å². The predicted molar refractivity (Wildman–Crippen MR) is 76.9 cm³/mol. The first-order chi connectivity index (χ1) is 10.3. The Balaban J connectivity index is 1.56. The van der Waals surface area contributed by atoms with Crippen LogP contribution in [-0.2, 0) is 9.53 Å². The molecule has 0 N–H and O–H groups in total. The SMILES string of the molecule is O=C1OCCC1N1CCCC(c2nc3ccccc3o2)C1. The lowest BCUT2D eigenvalue weighted by Gasteiger charge is -2.33. The number of cyclic esters (lactones) is 1. The normalized spacial score (nSPS) is 27.1. The van der Waals surface area contributed by atoms with Crippen LogP contribution in [0, 0.1) is 0 Å². The number of likely N-dealkylation sites (tertiary alicyclic amines) is 1. The molecule has 1 aromatic carbocycles. The number of piperidine rings is 1. The monoisotopic (exact) mass is 286 g/mol. The number of nitrogens with zero attached hydrogens (tertiary/aromatic N) is 2. The summed E-state index contributed by atoms with van der Waals surface area (Å²) in [5.74, 6) is 0.986. The van der Waals surface area contributed by atoms with E-state index < -0.39 is 0 Å². The van der Waals surface area contributed by atoms with Crippen LogP contribution < -0.4 is 0 Å². The highest BCUT2D eigenvalue weighted by atomic mass is 16.5. The lowest BCUT2D eigenvalue weighted by molar-refractivity contribution is -0.142. The quantitative estimate of drug-likeness (QED) is 0.793. The second-order valence-electron chi connectivity index (χ2n) is 5.83. The zero-order valence-corrected chi connectivity index (χ0v) is 11.8. The number of rotatable bonds is 2. The molecule has 1 aromatic heterocycles. The Labute approximate surface area is 122 Å². The summed E-state index contributed by atoms with van der Waals surface area (Å²) >= 11 is 0. The number of benzene rings is 1. The average Bonchev–Trinajstić information content (AvgIpc) is 3.13. The number of carbonyl (C=O) groups is 1. The second kappa shape index (κ2) is 5.15. The molecule has 0 aliphatic carbocycles. The van der Waals surface area contributed by atoms with E-state index in [1.54, 1.807) is 0 Å². The van der Waals surface area contributed by atoms with Gasteiger partial charge in [-0.15, -0.1) is 0 Å². The van der Waals surface area contributed by atoms with Crippen LogP contribution in [0.4, 0.5) is 0 Å². The number of ether oxygens (including phenoxy) is 1. The first-order valence-corrected chi connectivity index (χ1v) is 7.57. The van der Waals surface area contributed by atoms with Crippen LogP contribution in [0.3, 0.4) is 0 Å². The van der Waals surface area contributed by atoms with Crippen molar-refractivity contribution in [3.8, 4) is 0 Å². The molecule has 2 aromatic rings. The highest BCUT2D eigenvalue weighted by Crippen LogP contribution is 2.31. The number of fused-ring (bicyclic) bond motifs is 1. The molecule has 21 heavy (non-hydrogen) atoms. The maximum atomic E-state index is 11.8. The Kier molecular flexibility index (Phi) is 3.15. The van der Waals surface area contributed by atoms with Crippen molar-refractivity contribution < 1.29 is 13.9 Å². The van der Waals surface area contributed by atoms with E-state index in [0.29, 0.717) is 6.61 Å². The lowest BCUT2D eigenvalue weighted by Crippen LogP contribution is -2.44. The van der Waals surface area contributed by atoms with Crippen LogP contribution in [0.25, 0.3) is 11.1 Å². The van der Waals surface area contributed by atoms with Crippen molar-refractivity contribution in [3.05, 3.63) is 30.2 Å². The topological polar surface area (TPSA) is 55.6 Å². The minimum Gasteiger partial charge on any atom is -0.464 e. The van der Waals surface area contributed by atoms with Gasteiger partial charge < -0.3 is 9.15 Å². The molecule has 5 nitrogen and oxygen atoms in total. The van der Waals surface area contributed by atoms with Crippen molar-refractivity contribution in [2.45, 2.75) is 31.2 Å². The van der Waals surface area contributed by atoms with Crippen LogP contribution in [0.1, 0.15) is 31.1 Å². The molecule has 0 saturated carbocycles. The summed E-state index contributed by atoms with van der Waals surface area (Å²) in [5.41, 5.74) is 1.75. The van der Waals surface area contributed by atoms with Crippen LogP contribution in [-0.4, -0.2) is 41.6 Å². The molecule has 2 atom stereocenters. The first kappa shape index (κ1) is 12.8. The van der Waals surface area contributed by atoms with E-state index in [4.69, 9.17) is 9.15 Å². The van der Waals surface area contributed by atoms with Crippen LogP contribution >= 0.6 is 0 Å². The number of hydrogen-bond acceptors (Lipinski definition) is 5. The van der Waals surface area contributed by atoms with Gasteiger partial charge in [-0.3, -0.25) is 9.69 Å². The third-order valence-corrected chi connectivity index (χ3v) is 4.46. The van der Waals surface area contributed by atoms with Gasteiger partial charge in [-0.25, -0.2) is 4.98 Å². The molecule has 5 heteroatoms. The first-order valence-electron chi connectivity index (χ1n) is 7.57. The van der Waals surface area contributed by atoms with Crippen molar-refractivity contribution in [1.29, 1.82) is 0 Å². The smallest absolute Gasteiger partial charge is 0.323 e. The molecule has 0 radical (unpaired) electrons. The van der Waals surface area contributed by atoms with Gasteiger partial charge in [0.1, 0.15) is 11.6 Å². The van der Waals surface area contributed by atoms with Crippen LogP contribution in [0.15, 0.2) is 28.7 Å². The molecule has 0 bridgehead atoms. The van der Waals surface area contributed by atoms with Gasteiger partial charge >= 0.3 is 5.97 Å². The molecular formula is C16H18N2O3. The van der Waals surface area contributed by atoms with E-state index in [2.05, 4.69) is 9.88 Å². The Morgan fingerprint density at radius 1 is 1.24 bits per heavy atom. The molecule has 4 rings (SSSR count). The maximum absolute atomic E-state index is 11.8. The van der Waals surface area contributed by atoms with Gasteiger partial charge in [0, 0.05) is 18.9 Å². The van der Waals surface area contributed by atoms with Gasteiger partial charge in [0.15, 0.2) is 11.5 Å². The van der Waals surface area contributed by atoms with E-state index in [0.717, 1.165) is 49.3 Å². The van der Waals surface area contributed by atoms with Crippen molar-refractivity contribution in [2.24, 2.45) is 0 Å². The van der Waals surface area contributed by atoms with Crippen molar-refractivity contribution in [2.75, 3.05) is 19.7 Å². The van der Waals surface area contributed by atoms with E-state index in [-0.39, 0.29) is 17.9 Å². The average molecular weight is 286 g/mol. The minimum absolute atomic E-state index is 0.0721. The summed E-state index contributed by atoms with van der Waals surface area (Å²) in [4.78, 5) is 18.6. The molecule has 2 aliphatic rings. The number of hydrogen-bond donors (Lipinski definition) is 0. The van der Waals surface area contributed by atoms with Gasteiger partial charge in [-0.1, -0.05) is 12.1 Å². The molecule has 2 aliphatic heterocycles. The number of esters is 1. The second-order valence-corrected chi connectivity index (χ2v) is 5.83. The molecule has 3 heterocycles. The summed E-state index contributed by atoms with van der Waals surface area (Å²) in [7, 11) is 0. The fourth-order valence-corrected chi connectivity index (χ4v) is 3.37. The van der Waals surface area contributed by atoms with Crippen molar-refractivity contribution in [1.82, 2.24) is 9.88 Å². The Hall–Kier alpha value is -1.88.